The van der Waals surface area contributed by atoms with Crippen molar-refractivity contribution in [3.63, 3.8) is 0 Å². The molecule has 14 heavy (non-hydrogen) atoms. The average Bonchev–Trinajstić information content (AvgIpc) is 2.51. The SMILES string of the molecule is CC(=C/C(=O)[O-])/C=C/c1ccco1.[Na+]. The Bertz CT molecular complexity index is 336. The Morgan fingerprint density at radius 3 is 2.79 bits per heavy atom. The van der Waals surface area contributed by atoms with E-state index in [9.17, 15) is 9.90 Å². The molecule has 0 amide bonds. The van der Waals surface area contributed by atoms with E-state index in [-0.39, 0.29) is 29.6 Å². The van der Waals surface area contributed by atoms with Crippen LogP contribution in [0.15, 0.2) is 40.5 Å². The number of carboxylic acids is 1. The topological polar surface area (TPSA) is 53.3 Å². The smallest absolute Gasteiger partial charge is 0.545 e. The third-order valence-corrected chi connectivity index (χ3v) is 1.40. The molecule has 68 valence electrons. The normalized spacial score (nSPS) is 11.4. The number of carbonyl (C=O) groups is 1. The Balaban J connectivity index is 0.00000169. The van der Waals surface area contributed by atoms with Crippen molar-refractivity contribution in [3.8, 4) is 0 Å². The molecule has 0 aliphatic heterocycles. The van der Waals surface area contributed by atoms with Crippen molar-refractivity contribution < 1.29 is 43.9 Å². The van der Waals surface area contributed by atoms with Gasteiger partial charge >= 0.3 is 29.6 Å². The van der Waals surface area contributed by atoms with Crippen LogP contribution in [0.2, 0.25) is 0 Å². The van der Waals surface area contributed by atoms with Gasteiger partial charge < -0.3 is 14.3 Å². The molecule has 0 saturated carbocycles. The van der Waals surface area contributed by atoms with Gasteiger partial charge in [-0.15, -0.1) is 0 Å². The second kappa shape index (κ2) is 6.65. The molecule has 1 heterocycles. The number of rotatable bonds is 3. The molecule has 0 N–H and O–H groups in total. The molecule has 0 aliphatic rings. The van der Waals surface area contributed by atoms with E-state index in [4.69, 9.17) is 4.42 Å². The maximum atomic E-state index is 10.1. The van der Waals surface area contributed by atoms with Gasteiger partial charge in [0.1, 0.15) is 5.76 Å². The molecule has 0 unspecified atom stereocenters. The van der Waals surface area contributed by atoms with Gasteiger partial charge in [0.25, 0.3) is 0 Å². The van der Waals surface area contributed by atoms with Crippen molar-refractivity contribution in [1.29, 1.82) is 0 Å². The molecule has 1 rings (SSSR count). The summed E-state index contributed by atoms with van der Waals surface area (Å²) >= 11 is 0. The van der Waals surface area contributed by atoms with Crippen molar-refractivity contribution in [3.05, 3.63) is 41.9 Å². The molecule has 4 heteroatoms. The number of hydrogen-bond donors (Lipinski definition) is 0. The van der Waals surface area contributed by atoms with Crippen LogP contribution in [0.25, 0.3) is 6.08 Å². The molecule has 3 nitrogen and oxygen atoms in total. The van der Waals surface area contributed by atoms with E-state index >= 15 is 0 Å². The fourth-order valence-electron chi connectivity index (χ4n) is 0.834. The van der Waals surface area contributed by atoms with E-state index in [0.717, 1.165) is 6.08 Å². The second-order valence-corrected chi connectivity index (χ2v) is 2.56. The molecule has 0 aliphatic carbocycles. The van der Waals surface area contributed by atoms with E-state index in [2.05, 4.69) is 0 Å². The van der Waals surface area contributed by atoms with Crippen LogP contribution in [0.1, 0.15) is 12.7 Å². The maximum Gasteiger partial charge on any atom is 1.00 e. The van der Waals surface area contributed by atoms with Crippen molar-refractivity contribution in [2.75, 3.05) is 0 Å². The van der Waals surface area contributed by atoms with Crippen LogP contribution in [0.3, 0.4) is 0 Å². The Labute approximate surface area is 104 Å². The van der Waals surface area contributed by atoms with Gasteiger partial charge in [0, 0.05) is 0 Å². The summed E-state index contributed by atoms with van der Waals surface area (Å²) in [4.78, 5) is 10.1. The van der Waals surface area contributed by atoms with Gasteiger partial charge in [-0.1, -0.05) is 6.08 Å². The second-order valence-electron chi connectivity index (χ2n) is 2.56. The largest absolute Gasteiger partial charge is 1.00 e. The first-order chi connectivity index (χ1) is 6.18. The Hall–Kier alpha value is -0.770. The Morgan fingerprint density at radius 2 is 2.29 bits per heavy atom. The molecular weight excluding hydrogens is 191 g/mol. The summed E-state index contributed by atoms with van der Waals surface area (Å²) in [5, 5.41) is 10.1. The van der Waals surface area contributed by atoms with Crippen LogP contribution in [0.5, 0.6) is 0 Å². The summed E-state index contributed by atoms with van der Waals surface area (Å²) in [6, 6.07) is 3.54. The summed E-state index contributed by atoms with van der Waals surface area (Å²) in [6.45, 7) is 1.68. The van der Waals surface area contributed by atoms with E-state index in [1.165, 1.54) is 0 Å². The average molecular weight is 200 g/mol. The van der Waals surface area contributed by atoms with Crippen molar-refractivity contribution in [2.45, 2.75) is 6.92 Å². The first-order valence-electron chi connectivity index (χ1n) is 3.79. The quantitative estimate of drug-likeness (QED) is 0.322. The van der Waals surface area contributed by atoms with E-state index in [0.29, 0.717) is 11.3 Å². The molecule has 0 aromatic carbocycles. The third-order valence-electron chi connectivity index (χ3n) is 1.40. The zero-order chi connectivity index (χ0) is 9.68. The maximum absolute atomic E-state index is 10.1. The standard InChI is InChI=1S/C10H10O3.Na/c1-8(7-10(11)12)4-5-9-3-2-6-13-9;/h2-7H,1H3,(H,11,12);/q;+1/p-1/b5-4+,8-7-;. The van der Waals surface area contributed by atoms with Gasteiger partial charge in [0.15, 0.2) is 0 Å². The fourth-order valence-corrected chi connectivity index (χ4v) is 0.834. The summed E-state index contributed by atoms with van der Waals surface area (Å²) in [6.07, 6.45) is 5.92. The van der Waals surface area contributed by atoms with Crippen molar-refractivity contribution >= 4 is 12.0 Å². The summed E-state index contributed by atoms with van der Waals surface area (Å²) in [7, 11) is 0. The van der Waals surface area contributed by atoms with E-state index < -0.39 is 5.97 Å². The van der Waals surface area contributed by atoms with Crippen molar-refractivity contribution in [1.82, 2.24) is 0 Å². The number of carboxylic acid groups (broad SMARTS) is 1. The molecule has 0 atom stereocenters. The fraction of sp³-hybridized carbons (Fsp3) is 0.100. The van der Waals surface area contributed by atoms with Gasteiger partial charge in [-0.2, -0.15) is 0 Å². The first-order valence-corrected chi connectivity index (χ1v) is 3.79. The molecule has 1 aromatic rings. The summed E-state index contributed by atoms with van der Waals surface area (Å²) in [5.41, 5.74) is 0.608. The van der Waals surface area contributed by atoms with Crippen LogP contribution >= 0.6 is 0 Å². The van der Waals surface area contributed by atoms with Crippen LogP contribution in [-0.4, -0.2) is 5.97 Å². The minimum Gasteiger partial charge on any atom is -0.545 e. The van der Waals surface area contributed by atoms with Gasteiger partial charge in [0.2, 0.25) is 0 Å². The van der Waals surface area contributed by atoms with Crippen LogP contribution < -0.4 is 34.7 Å². The number of carbonyl (C=O) groups excluding carboxylic acids is 1. The van der Waals surface area contributed by atoms with Crippen LogP contribution in [-0.2, 0) is 4.79 Å². The Morgan fingerprint density at radius 1 is 1.57 bits per heavy atom. The van der Waals surface area contributed by atoms with E-state index in [1.807, 2.05) is 0 Å². The summed E-state index contributed by atoms with van der Waals surface area (Å²) < 4.78 is 5.01. The predicted octanol–water partition coefficient (Wildman–Crippen LogP) is -2.01. The Kier molecular flexibility index (Phi) is 6.28. The number of furan rings is 1. The van der Waals surface area contributed by atoms with Gasteiger partial charge in [-0.3, -0.25) is 0 Å². The van der Waals surface area contributed by atoms with Gasteiger partial charge in [-0.25, -0.2) is 0 Å². The monoisotopic (exact) mass is 200 g/mol. The summed E-state index contributed by atoms with van der Waals surface area (Å²) in [5.74, 6) is -0.507. The van der Waals surface area contributed by atoms with Gasteiger partial charge in [-0.05, 0) is 36.8 Å². The van der Waals surface area contributed by atoms with Crippen LogP contribution in [0.4, 0.5) is 0 Å². The van der Waals surface area contributed by atoms with Crippen LogP contribution in [0, 0.1) is 0 Å². The zero-order valence-corrected chi connectivity index (χ0v) is 10.2. The third kappa shape index (κ3) is 5.07. The molecule has 0 spiro atoms. The first kappa shape index (κ1) is 13.2. The molecule has 0 fully saturated rings. The van der Waals surface area contributed by atoms with Gasteiger partial charge in [0.05, 0.1) is 12.2 Å². The predicted molar refractivity (Wildman–Crippen MR) is 46.5 cm³/mol. The zero-order valence-electron chi connectivity index (χ0n) is 8.19. The molecular formula is C10H9NaO3. The minimum absolute atomic E-state index is 0. The minimum atomic E-state index is -1.19. The number of aliphatic carboxylic acids is 1. The molecule has 0 radical (unpaired) electrons. The molecule has 0 bridgehead atoms. The molecule has 1 aromatic heterocycles. The molecule has 0 saturated heterocycles. The van der Waals surface area contributed by atoms with Crippen molar-refractivity contribution in [2.24, 2.45) is 0 Å². The number of hydrogen-bond acceptors (Lipinski definition) is 3. The number of allylic oxidation sites excluding steroid dienone is 2. The van der Waals surface area contributed by atoms with E-state index in [1.54, 1.807) is 37.5 Å².